The molecular formula is C15H20N4O2. The molecule has 1 fully saturated rings. The van der Waals surface area contributed by atoms with E-state index in [-0.39, 0.29) is 5.69 Å². The van der Waals surface area contributed by atoms with Gasteiger partial charge in [-0.25, -0.2) is 0 Å². The molecule has 1 N–H and O–H groups in total. The van der Waals surface area contributed by atoms with E-state index in [1.54, 1.807) is 6.07 Å². The summed E-state index contributed by atoms with van der Waals surface area (Å²) < 4.78 is 0. The van der Waals surface area contributed by atoms with Crippen LogP contribution in [0.15, 0.2) is 18.2 Å². The Morgan fingerprint density at radius 3 is 2.76 bits per heavy atom. The van der Waals surface area contributed by atoms with Gasteiger partial charge >= 0.3 is 0 Å². The molecule has 1 aromatic rings. The third-order valence-corrected chi connectivity index (χ3v) is 3.97. The van der Waals surface area contributed by atoms with Crippen LogP contribution in [-0.4, -0.2) is 31.1 Å². The maximum atomic E-state index is 10.8. The summed E-state index contributed by atoms with van der Waals surface area (Å²) in [7, 11) is 0. The molecule has 0 atom stereocenters. The number of anilines is 1. The van der Waals surface area contributed by atoms with Crippen molar-refractivity contribution in [2.75, 3.05) is 31.1 Å². The number of benzene rings is 1. The van der Waals surface area contributed by atoms with Gasteiger partial charge in [0.2, 0.25) is 0 Å². The highest BCUT2D eigenvalue weighted by atomic mass is 16.6. The zero-order chi connectivity index (χ0) is 15.2. The van der Waals surface area contributed by atoms with Gasteiger partial charge in [-0.1, -0.05) is 0 Å². The van der Waals surface area contributed by atoms with Gasteiger partial charge < -0.3 is 10.2 Å². The van der Waals surface area contributed by atoms with Gasteiger partial charge in [-0.05, 0) is 44.8 Å². The van der Waals surface area contributed by atoms with Gasteiger partial charge in [0, 0.05) is 25.2 Å². The van der Waals surface area contributed by atoms with Crippen LogP contribution in [0, 0.1) is 27.4 Å². The lowest BCUT2D eigenvalue weighted by atomic mass is 9.97. The number of nitro groups is 1. The van der Waals surface area contributed by atoms with Crippen molar-refractivity contribution in [1.82, 2.24) is 5.32 Å². The number of nitrogens with one attached hydrogen (secondary N) is 1. The van der Waals surface area contributed by atoms with E-state index < -0.39 is 4.92 Å². The van der Waals surface area contributed by atoms with E-state index >= 15 is 0 Å². The summed E-state index contributed by atoms with van der Waals surface area (Å²) in [5.41, 5.74) is 1.14. The fraction of sp³-hybridized carbons (Fsp3) is 0.533. The summed E-state index contributed by atoms with van der Waals surface area (Å²) in [6.07, 6.45) is 2.26. The average molecular weight is 288 g/mol. The number of nitriles is 1. The fourth-order valence-electron chi connectivity index (χ4n) is 2.78. The van der Waals surface area contributed by atoms with Gasteiger partial charge in [0.05, 0.1) is 16.2 Å². The maximum absolute atomic E-state index is 10.8. The molecule has 0 unspecified atom stereocenters. The predicted octanol–water partition coefficient (Wildman–Crippen LogP) is 2.29. The highest BCUT2D eigenvalue weighted by molar-refractivity contribution is 5.63. The quantitative estimate of drug-likeness (QED) is 0.664. The second-order valence-corrected chi connectivity index (χ2v) is 5.30. The summed E-state index contributed by atoms with van der Waals surface area (Å²) in [4.78, 5) is 12.5. The van der Waals surface area contributed by atoms with Gasteiger partial charge in [-0.2, -0.15) is 5.26 Å². The number of non-ortho nitro benzene ring substituents is 1. The molecule has 1 aliphatic rings. The lowest BCUT2D eigenvalue weighted by Crippen LogP contribution is -2.36. The Morgan fingerprint density at radius 2 is 2.19 bits per heavy atom. The average Bonchev–Trinajstić information content (AvgIpc) is 2.53. The van der Waals surface area contributed by atoms with Crippen molar-refractivity contribution in [3.63, 3.8) is 0 Å². The van der Waals surface area contributed by atoms with E-state index in [1.165, 1.54) is 12.1 Å². The SMILES string of the molecule is CCN(CC1CCNCC1)c1ccc([N+](=O)[O-])cc1C#N. The molecule has 1 aliphatic heterocycles. The molecule has 112 valence electrons. The topological polar surface area (TPSA) is 82.2 Å². The van der Waals surface area contributed by atoms with Crippen molar-refractivity contribution in [3.05, 3.63) is 33.9 Å². The highest BCUT2D eigenvalue weighted by Crippen LogP contribution is 2.26. The van der Waals surface area contributed by atoms with E-state index in [4.69, 9.17) is 0 Å². The molecule has 1 heterocycles. The molecule has 1 aromatic carbocycles. The van der Waals surface area contributed by atoms with Crippen LogP contribution in [-0.2, 0) is 0 Å². The standard InChI is InChI=1S/C15H20N4O2/c1-2-18(11-12-5-7-17-8-6-12)15-4-3-14(19(20)21)9-13(15)10-16/h3-4,9,12,17H,2,5-8,11H2,1H3. The molecule has 0 spiro atoms. The van der Waals surface area contributed by atoms with Crippen LogP contribution in [0.3, 0.4) is 0 Å². The fourth-order valence-corrected chi connectivity index (χ4v) is 2.78. The summed E-state index contributed by atoms with van der Waals surface area (Å²) >= 11 is 0. The first-order chi connectivity index (χ1) is 10.2. The zero-order valence-corrected chi connectivity index (χ0v) is 12.2. The molecule has 0 aliphatic carbocycles. The van der Waals surface area contributed by atoms with Crippen molar-refractivity contribution in [1.29, 1.82) is 5.26 Å². The second kappa shape index (κ2) is 7.04. The van der Waals surface area contributed by atoms with Crippen LogP contribution in [0.1, 0.15) is 25.3 Å². The van der Waals surface area contributed by atoms with Crippen molar-refractivity contribution in [3.8, 4) is 6.07 Å². The summed E-state index contributed by atoms with van der Waals surface area (Å²) in [5, 5.41) is 23.4. The first-order valence-electron chi connectivity index (χ1n) is 7.30. The zero-order valence-electron chi connectivity index (χ0n) is 12.2. The minimum Gasteiger partial charge on any atom is -0.370 e. The van der Waals surface area contributed by atoms with Gasteiger partial charge in [-0.3, -0.25) is 10.1 Å². The number of nitrogens with zero attached hydrogens (tertiary/aromatic N) is 3. The molecular weight excluding hydrogens is 268 g/mol. The predicted molar refractivity (Wildman–Crippen MR) is 81.3 cm³/mol. The van der Waals surface area contributed by atoms with Gasteiger partial charge in [0.1, 0.15) is 6.07 Å². The highest BCUT2D eigenvalue weighted by Gasteiger charge is 2.19. The monoisotopic (exact) mass is 288 g/mol. The minimum atomic E-state index is -0.465. The van der Waals surface area contributed by atoms with Crippen LogP contribution in [0.4, 0.5) is 11.4 Å². The number of nitro benzene ring substituents is 1. The number of hydrogen-bond donors (Lipinski definition) is 1. The van der Waals surface area contributed by atoms with Crippen molar-refractivity contribution in [2.45, 2.75) is 19.8 Å². The molecule has 0 radical (unpaired) electrons. The summed E-state index contributed by atoms with van der Waals surface area (Å²) in [6.45, 7) is 5.80. The largest absolute Gasteiger partial charge is 0.370 e. The van der Waals surface area contributed by atoms with Crippen molar-refractivity contribution in [2.24, 2.45) is 5.92 Å². The maximum Gasteiger partial charge on any atom is 0.270 e. The normalized spacial score (nSPS) is 15.4. The van der Waals surface area contributed by atoms with Crippen LogP contribution in [0.5, 0.6) is 0 Å². The van der Waals surface area contributed by atoms with Gasteiger partial charge in [0.25, 0.3) is 5.69 Å². The van der Waals surface area contributed by atoms with E-state index in [2.05, 4.69) is 16.3 Å². The summed E-state index contributed by atoms with van der Waals surface area (Å²) in [6, 6.07) is 6.62. The number of rotatable bonds is 5. The number of hydrogen-bond acceptors (Lipinski definition) is 5. The molecule has 0 bridgehead atoms. The lowest BCUT2D eigenvalue weighted by molar-refractivity contribution is -0.384. The second-order valence-electron chi connectivity index (χ2n) is 5.30. The van der Waals surface area contributed by atoms with Crippen LogP contribution >= 0.6 is 0 Å². The third kappa shape index (κ3) is 3.70. The number of piperidine rings is 1. The molecule has 6 nitrogen and oxygen atoms in total. The summed E-state index contributed by atoms with van der Waals surface area (Å²) in [5.74, 6) is 0.605. The Balaban J connectivity index is 2.20. The van der Waals surface area contributed by atoms with Crippen LogP contribution in [0.25, 0.3) is 0 Å². The van der Waals surface area contributed by atoms with Crippen LogP contribution < -0.4 is 10.2 Å². The lowest BCUT2D eigenvalue weighted by Gasteiger charge is -2.31. The first kappa shape index (κ1) is 15.3. The third-order valence-electron chi connectivity index (χ3n) is 3.97. The Bertz CT molecular complexity index is 547. The molecule has 6 heteroatoms. The Morgan fingerprint density at radius 1 is 1.48 bits per heavy atom. The smallest absolute Gasteiger partial charge is 0.270 e. The molecule has 0 aromatic heterocycles. The van der Waals surface area contributed by atoms with Gasteiger partial charge in [-0.15, -0.1) is 0 Å². The molecule has 21 heavy (non-hydrogen) atoms. The van der Waals surface area contributed by atoms with E-state index in [1.807, 2.05) is 6.92 Å². The van der Waals surface area contributed by atoms with E-state index in [0.29, 0.717) is 11.5 Å². The molecule has 0 amide bonds. The van der Waals surface area contributed by atoms with Crippen LogP contribution in [0.2, 0.25) is 0 Å². The molecule has 1 saturated heterocycles. The molecule has 2 rings (SSSR count). The van der Waals surface area contributed by atoms with Crippen molar-refractivity contribution >= 4 is 11.4 Å². The van der Waals surface area contributed by atoms with Crippen molar-refractivity contribution < 1.29 is 4.92 Å². The Hall–Kier alpha value is -2.13. The molecule has 0 saturated carbocycles. The first-order valence-corrected chi connectivity index (χ1v) is 7.30. The Labute approximate surface area is 124 Å². The van der Waals surface area contributed by atoms with E-state index in [0.717, 1.165) is 44.7 Å². The Kier molecular flexibility index (Phi) is 5.12. The minimum absolute atomic E-state index is 0.0341. The van der Waals surface area contributed by atoms with E-state index in [9.17, 15) is 15.4 Å². The van der Waals surface area contributed by atoms with Gasteiger partial charge in [0.15, 0.2) is 0 Å².